The number of carboxylic acid groups (broad SMARTS) is 1. The van der Waals surface area contributed by atoms with Crippen molar-refractivity contribution in [3.05, 3.63) is 0 Å². The Bertz CT molecular complexity index is 1620. The largest absolute Gasteiger partial charge is 0.480 e. The van der Waals surface area contributed by atoms with Crippen LogP contribution in [0.25, 0.3) is 0 Å². The molecule has 0 aliphatic carbocycles. The van der Waals surface area contributed by atoms with Crippen LogP contribution in [0.5, 0.6) is 0 Å². The number of primary amides is 2. The summed E-state index contributed by atoms with van der Waals surface area (Å²) in [4.78, 5) is 133. The number of carbonyl (C=O) groups excluding carboxylic acids is 9. The number of likely N-dealkylation sites (tertiary alicyclic amines) is 2. The average Bonchev–Trinajstić information content (AvgIpc) is 3.90. The Balaban J connectivity index is 2.32. The van der Waals surface area contributed by atoms with Crippen LogP contribution in [-0.2, 0) is 47.9 Å². The van der Waals surface area contributed by atoms with Crippen LogP contribution < -0.4 is 43.8 Å². The van der Waals surface area contributed by atoms with Crippen molar-refractivity contribution in [1.29, 1.82) is 0 Å². The number of carbonyl (C=O) groups is 10. The smallest absolute Gasteiger partial charge is 0.326 e. The van der Waals surface area contributed by atoms with E-state index in [4.69, 9.17) is 17.2 Å². The van der Waals surface area contributed by atoms with E-state index >= 15 is 0 Å². The fraction of sp³-hybridized carbons (Fsp3) is 0.737. The lowest BCUT2D eigenvalue weighted by Crippen LogP contribution is -2.61. The van der Waals surface area contributed by atoms with Crippen LogP contribution in [0.4, 0.5) is 0 Å². The molecule has 344 valence electrons. The molecule has 2 aliphatic heterocycles. The molecule has 2 fully saturated rings. The number of thiol groups is 1. The van der Waals surface area contributed by atoms with Gasteiger partial charge in [-0.2, -0.15) is 24.4 Å². The summed E-state index contributed by atoms with van der Waals surface area (Å²) in [6.07, 6.45) is 2.37. The minimum Gasteiger partial charge on any atom is -0.480 e. The van der Waals surface area contributed by atoms with Gasteiger partial charge in [-0.05, 0) is 62.4 Å². The van der Waals surface area contributed by atoms with Crippen molar-refractivity contribution in [3.63, 3.8) is 0 Å². The van der Waals surface area contributed by atoms with E-state index in [-0.39, 0.29) is 56.4 Å². The van der Waals surface area contributed by atoms with Gasteiger partial charge in [-0.15, -0.1) is 0 Å². The highest BCUT2D eigenvalue weighted by Crippen LogP contribution is 2.26. The van der Waals surface area contributed by atoms with Gasteiger partial charge in [-0.1, -0.05) is 34.1 Å². The third-order valence-electron chi connectivity index (χ3n) is 10.6. The van der Waals surface area contributed by atoms with Gasteiger partial charge in [-0.3, -0.25) is 43.2 Å². The van der Waals surface area contributed by atoms with Crippen molar-refractivity contribution >= 4 is 83.5 Å². The third kappa shape index (κ3) is 16.0. The summed E-state index contributed by atoms with van der Waals surface area (Å²) in [7, 11) is 0. The van der Waals surface area contributed by atoms with Crippen molar-refractivity contribution in [1.82, 2.24) is 36.4 Å². The van der Waals surface area contributed by atoms with Crippen molar-refractivity contribution < 1.29 is 53.1 Å². The van der Waals surface area contributed by atoms with E-state index in [0.29, 0.717) is 25.0 Å². The number of rotatable bonds is 25. The maximum atomic E-state index is 14.1. The molecule has 9 atom stereocenters. The number of nitrogens with two attached hydrogens (primary N) is 3. The molecule has 0 spiro atoms. The summed E-state index contributed by atoms with van der Waals surface area (Å²) in [5.41, 5.74) is 16.5. The molecule has 0 aromatic carbocycles. The Kier molecular flexibility index (Phi) is 21.8. The Morgan fingerprint density at radius 3 is 1.82 bits per heavy atom. The topological polar surface area (TPSA) is 336 Å². The predicted molar refractivity (Wildman–Crippen MR) is 228 cm³/mol. The van der Waals surface area contributed by atoms with Gasteiger partial charge in [0.05, 0.1) is 18.9 Å². The highest BCUT2D eigenvalue weighted by Gasteiger charge is 2.45. The van der Waals surface area contributed by atoms with Gasteiger partial charge in [-0.25, -0.2) is 4.79 Å². The zero-order valence-corrected chi connectivity index (χ0v) is 37.2. The molecule has 2 heterocycles. The maximum absolute atomic E-state index is 14.1. The van der Waals surface area contributed by atoms with E-state index in [1.165, 1.54) is 21.6 Å². The van der Waals surface area contributed by atoms with Crippen molar-refractivity contribution in [2.75, 3.05) is 30.9 Å². The third-order valence-corrected chi connectivity index (χ3v) is 11.6. The molecule has 0 bridgehead atoms. The standard InChI is InChI=1S/C38H64N10O11S2/c1-6-20(4)30(46-31(51)21(39)18-60)35(55)42-22(11-14-61-5)32(52)43-23(15-19(2)3)33(53)44-24(16-28(40)49)36(56)48-13-8-10-27(48)37(57)47-12-7-9-26(47)34(54)45-25(38(58)59)17-29(41)50/h19-27,30,60H,6-18,39H2,1-5H3,(H2,40,49)(H2,41,50)(H,42,55)(H,43,52)(H,44,53)(H,45,54)(H,46,51)(H,58,59)/t20-,21-,22-,23-,24-,25-,26-,27-,30-/m0/s1. The number of aliphatic carboxylic acids is 1. The molecular formula is C38H64N10O11S2. The second kappa shape index (κ2) is 25.3. The van der Waals surface area contributed by atoms with Crippen molar-refractivity contribution in [2.45, 2.75) is 134 Å². The Hall–Kier alpha value is -4.64. The first kappa shape index (κ1) is 52.5. The first-order valence-corrected chi connectivity index (χ1v) is 22.5. The molecule has 23 heteroatoms. The first-order chi connectivity index (χ1) is 28.7. The van der Waals surface area contributed by atoms with Crippen molar-refractivity contribution in [2.24, 2.45) is 29.0 Å². The molecule has 0 aromatic heterocycles. The van der Waals surface area contributed by atoms with Crippen LogP contribution in [0.3, 0.4) is 0 Å². The Morgan fingerprint density at radius 1 is 0.738 bits per heavy atom. The van der Waals surface area contributed by atoms with Crippen LogP contribution >= 0.6 is 24.4 Å². The van der Waals surface area contributed by atoms with Gasteiger partial charge in [0.1, 0.15) is 42.3 Å². The monoisotopic (exact) mass is 900 g/mol. The predicted octanol–water partition coefficient (Wildman–Crippen LogP) is -2.67. The molecule has 21 nitrogen and oxygen atoms in total. The summed E-state index contributed by atoms with van der Waals surface area (Å²) in [5.74, 6) is -8.37. The lowest BCUT2D eigenvalue weighted by atomic mass is 9.97. The van der Waals surface area contributed by atoms with Gasteiger partial charge in [0.15, 0.2) is 0 Å². The molecule has 0 aromatic rings. The number of carboxylic acids is 1. The van der Waals surface area contributed by atoms with E-state index in [1.54, 1.807) is 20.8 Å². The minimum absolute atomic E-state index is 0.0418. The van der Waals surface area contributed by atoms with Crippen LogP contribution in [-0.4, -0.2) is 153 Å². The first-order valence-electron chi connectivity index (χ1n) is 20.4. The summed E-state index contributed by atoms with van der Waals surface area (Å²) >= 11 is 5.47. The number of nitrogens with one attached hydrogen (secondary N) is 5. The highest BCUT2D eigenvalue weighted by molar-refractivity contribution is 7.98. The number of hydrogen-bond donors (Lipinski definition) is 10. The second-order valence-corrected chi connectivity index (χ2v) is 17.2. The van der Waals surface area contributed by atoms with E-state index in [1.807, 2.05) is 13.2 Å². The van der Waals surface area contributed by atoms with E-state index in [0.717, 1.165) is 0 Å². The molecule has 0 radical (unpaired) electrons. The van der Waals surface area contributed by atoms with E-state index < -0.39 is 120 Å². The van der Waals surface area contributed by atoms with Crippen LogP contribution in [0.15, 0.2) is 0 Å². The number of thioether (sulfide) groups is 1. The molecule has 2 aliphatic rings. The molecule has 61 heavy (non-hydrogen) atoms. The van der Waals surface area contributed by atoms with Crippen LogP contribution in [0.1, 0.15) is 85.5 Å². The lowest BCUT2D eigenvalue weighted by molar-refractivity contribution is -0.149. The fourth-order valence-corrected chi connectivity index (χ4v) is 7.75. The Labute approximate surface area is 365 Å². The molecule has 9 amide bonds. The number of amides is 9. The minimum atomic E-state index is -1.61. The quantitative estimate of drug-likeness (QED) is 0.0419. The highest BCUT2D eigenvalue weighted by atomic mass is 32.2. The average molecular weight is 901 g/mol. The number of hydrogen-bond acceptors (Lipinski definition) is 13. The van der Waals surface area contributed by atoms with E-state index in [2.05, 4.69) is 39.2 Å². The molecule has 2 rings (SSSR count). The summed E-state index contributed by atoms with van der Waals surface area (Å²) in [5, 5.41) is 22.3. The van der Waals surface area contributed by atoms with Gasteiger partial charge >= 0.3 is 5.97 Å². The van der Waals surface area contributed by atoms with Gasteiger partial charge in [0.25, 0.3) is 0 Å². The fourth-order valence-electron chi connectivity index (χ4n) is 7.11. The summed E-state index contributed by atoms with van der Waals surface area (Å²) in [6.45, 7) is 7.38. The Morgan fingerprint density at radius 2 is 1.28 bits per heavy atom. The summed E-state index contributed by atoms with van der Waals surface area (Å²) in [6, 6.07) is -9.76. The van der Waals surface area contributed by atoms with E-state index in [9.17, 15) is 53.1 Å². The lowest BCUT2D eigenvalue weighted by Gasteiger charge is -2.33. The normalized spacial score (nSPS) is 19.7. The van der Waals surface area contributed by atoms with Crippen LogP contribution in [0.2, 0.25) is 0 Å². The molecule has 2 saturated heterocycles. The number of nitrogens with zero attached hydrogens (tertiary/aromatic N) is 2. The van der Waals surface area contributed by atoms with Crippen LogP contribution in [0, 0.1) is 11.8 Å². The SMILES string of the molecule is CC[C@H](C)[C@H](NC(=O)[C@@H](N)CS)C(=O)N[C@@H](CCSC)C(=O)N[C@@H](CC(C)C)C(=O)N[C@@H](CC(N)=O)C(=O)N1CCC[C@H]1C(=O)N1CCC[C@H]1C(=O)N[C@@H](CC(N)=O)C(=O)O. The molecular weight excluding hydrogens is 837 g/mol. The second-order valence-electron chi connectivity index (χ2n) is 15.9. The zero-order chi connectivity index (χ0) is 46.1. The van der Waals surface area contributed by atoms with Gasteiger partial charge in [0.2, 0.25) is 53.2 Å². The van der Waals surface area contributed by atoms with Crippen molar-refractivity contribution in [3.8, 4) is 0 Å². The molecule has 12 N–H and O–H groups in total. The zero-order valence-electron chi connectivity index (χ0n) is 35.5. The van der Waals surface area contributed by atoms with Gasteiger partial charge in [0, 0.05) is 18.8 Å². The maximum Gasteiger partial charge on any atom is 0.326 e. The molecule has 0 saturated carbocycles. The summed E-state index contributed by atoms with van der Waals surface area (Å²) < 4.78 is 0. The molecule has 0 unspecified atom stereocenters. The van der Waals surface area contributed by atoms with Gasteiger partial charge < -0.3 is 58.7 Å².